The van der Waals surface area contributed by atoms with Gasteiger partial charge in [0.15, 0.2) is 11.6 Å². The summed E-state index contributed by atoms with van der Waals surface area (Å²) in [5, 5.41) is 11.4. The Morgan fingerprint density at radius 1 is 1.11 bits per heavy atom. The zero-order chi connectivity index (χ0) is 14.0. The molecule has 0 saturated heterocycles. The van der Waals surface area contributed by atoms with Gasteiger partial charge in [0, 0.05) is 0 Å². The molecule has 0 bridgehead atoms. The fourth-order valence-corrected chi connectivity index (χ4v) is 1.55. The Kier molecular flexibility index (Phi) is 3.29. The van der Waals surface area contributed by atoms with E-state index < -0.39 is 17.5 Å². The zero-order valence-corrected chi connectivity index (χ0v) is 9.55. The summed E-state index contributed by atoms with van der Waals surface area (Å²) in [5.41, 5.74) is 5.32. The minimum absolute atomic E-state index is 0.0212. The summed E-state index contributed by atoms with van der Waals surface area (Å²) in [6.07, 6.45) is 0. The molecule has 96 valence electrons. The smallest absolute Gasteiger partial charge is 0.184 e. The number of nitrogen functional groups attached to an aromatic ring is 1. The highest BCUT2D eigenvalue weighted by atomic mass is 19.2. The van der Waals surface area contributed by atoms with Gasteiger partial charge in [-0.2, -0.15) is 5.26 Å². The minimum atomic E-state index is -1.16. The molecule has 0 atom stereocenters. The number of nitrogens with two attached hydrogens (primary N) is 1. The standard InChI is InChI=1S/C13H8F3N3/c14-8-1-4-11(7(5-8)6-17)19-13-10(18)3-2-9(15)12(13)16/h1-5,19H,18H2. The molecule has 19 heavy (non-hydrogen) atoms. The van der Waals surface area contributed by atoms with Crippen molar-refractivity contribution in [2.75, 3.05) is 11.1 Å². The monoisotopic (exact) mass is 263 g/mol. The van der Waals surface area contributed by atoms with Crippen molar-refractivity contribution >= 4 is 17.1 Å². The van der Waals surface area contributed by atoms with Gasteiger partial charge >= 0.3 is 0 Å². The van der Waals surface area contributed by atoms with Crippen LogP contribution in [0.2, 0.25) is 0 Å². The van der Waals surface area contributed by atoms with Crippen LogP contribution < -0.4 is 11.1 Å². The van der Waals surface area contributed by atoms with E-state index in [0.29, 0.717) is 0 Å². The van der Waals surface area contributed by atoms with Crippen LogP contribution in [0.15, 0.2) is 30.3 Å². The molecule has 0 amide bonds. The van der Waals surface area contributed by atoms with E-state index >= 15 is 0 Å². The number of hydrogen-bond acceptors (Lipinski definition) is 3. The molecule has 2 rings (SSSR count). The molecule has 0 aliphatic heterocycles. The van der Waals surface area contributed by atoms with E-state index in [1.165, 1.54) is 12.1 Å². The average Bonchev–Trinajstić information content (AvgIpc) is 2.40. The Morgan fingerprint density at radius 3 is 2.53 bits per heavy atom. The second-order valence-electron chi connectivity index (χ2n) is 3.75. The van der Waals surface area contributed by atoms with Crippen molar-refractivity contribution in [3.8, 4) is 6.07 Å². The van der Waals surface area contributed by atoms with E-state index in [1.807, 2.05) is 0 Å². The number of nitrogens with zero attached hydrogens (tertiary/aromatic N) is 1. The lowest BCUT2D eigenvalue weighted by Crippen LogP contribution is -2.03. The third-order valence-corrected chi connectivity index (χ3v) is 2.49. The van der Waals surface area contributed by atoms with Gasteiger partial charge in [0.05, 0.1) is 16.9 Å². The number of anilines is 3. The van der Waals surface area contributed by atoms with E-state index in [-0.39, 0.29) is 22.6 Å². The Hall–Kier alpha value is -2.68. The Balaban J connectivity index is 2.48. The molecular formula is C13H8F3N3. The van der Waals surface area contributed by atoms with Gasteiger partial charge in [0.25, 0.3) is 0 Å². The highest BCUT2D eigenvalue weighted by molar-refractivity contribution is 5.75. The fourth-order valence-electron chi connectivity index (χ4n) is 1.55. The lowest BCUT2D eigenvalue weighted by atomic mass is 10.1. The summed E-state index contributed by atoms with van der Waals surface area (Å²) in [6, 6.07) is 7.16. The number of rotatable bonds is 2. The highest BCUT2D eigenvalue weighted by Gasteiger charge is 2.13. The SMILES string of the molecule is N#Cc1cc(F)ccc1Nc1c(N)ccc(F)c1F. The predicted molar refractivity (Wildman–Crippen MR) is 65.2 cm³/mol. The third-order valence-electron chi connectivity index (χ3n) is 2.49. The summed E-state index contributed by atoms with van der Waals surface area (Å²) in [6.45, 7) is 0. The van der Waals surface area contributed by atoms with Gasteiger partial charge < -0.3 is 11.1 Å². The summed E-state index contributed by atoms with van der Waals surface area (Å²) in [5.74, 6) is -2.83. The molecule has 0 fully saturated rings. The van der Waals surface area contributed by atoms with E-state index in [2.05, 4.69) is 5.32 Å². The predicted octanol–water partition coefficient (Wildman–Crippen LogP) is 3.30. The van der Waals surface area contributed by atoms with Gasteiger partial charge in [-0.15, -0.1) is 0 Å². The van der Waals surface area contributed by atoms with Gasteiger partial charge in [0.1, 0.15) is 17.6 Å². The molecule has 0 aromatic heterocycles. The van der Waals surface area contributed by atoms with Gasteiger partial charge in [0.2, 0.25) is 0 Å². The summed E-state index contributed by atoms with van der Waals surface area (Å²) in [4.78, 5) is 0. The van der Waals surface area contributed by atoms with Crippen LogP contribution in [0.3, 0.4) is 0 Å². The first-order chi connectivity index (χ1) is 9.02. The first-order valence-electron chi connectivity index (χ1n) is 5.23. The Bertz CT molecular complexity index is 678. The van der Waals surface area contributed by atoms with Crippen molar-refractivity contribution in [1.82, 2.24) is 0 Å². The molecule has 0 spiro atoms. The lowest BCUT2D eigenvalue weighted by Gasteiger charge is -2.12. The van der Waals surface area contributed by atoms with E-state index in [1.54, 1.807) is 6.07 Å². The highest BCUT2D eigenvalue weighted by Crippen LogP contribution is 2.29. The fraction of sp³-hybridized carbons (Fsp3) is 0. The van der Waals surface area contributed by atoms with Gasteiger partial charge in [-0.05, 0) is 30.3 Å². The Morgan fingerprint density at radius 2 is 1.84 bits per heavy atom. The maximum Gasteiger partial charge on any atom is 0.184 e. The quantitative estimate of drug-likeness (QED) is 0.817. The first-order valence-corrected chi connectivity index (χ1v) is 5.23. The van der Waals surface area contributed by atoms with Crippen LogP contribution in [-0.2, 0) is 0 Å². The molecule has 0 heterocycles. The van der Waals surface area contributed by atoms with Crippen LogP contribution in [0.25, 0.3) is 0 Å². The van der Waals surface area contributed by atoms with Crippen LogP contribution in [0.1, 0.15) is 5.56 Å². The van der Waals surface area contributed by atoms with Crippen molar-refractivity contribution in [2.24, 2.45) is 0 Å². The maximum atomic E-state index is 13.6. The number of hydrogen-bond donors (Lipinski definition) is 2. The van der Waals surface area contributed by atoms with Crippen molar-refractivity contribution in [2.45, 2.75) is 0 Å². The molecular weight excluding hydrogens is 255 g/mol. The van der Waals surface area contributed by atoms with Gasteiger partial charge in [-0.3, -0.25) is 0 Å². The second-order valence-corrected chi connectivity index (χ2v) is 3.75. The molecule has 0 saturated carbocycles. The molecule has 0 radical (unpaired) electrons. The number of nitriles is 1. The van der Waals surface area contributed by atoms with Crippen molar-refractivity contribution in [1.29, 1.82) is 5.26 Å². The van der Waals surface area contributed by atoms with Crippen LogP contribution in [-0.4, -0.2) is 0 Å². The van der Waals surface area contributed by atoms with Crippen LogP contribution >= 0.6 is 0 Å². The van der Waals surface area contributed by atoms with Crippen molar-refractivity contribution < 1.29 is 13.2 Å². The number of nitrogens with one attached hydrogen (secondary N) is 1. The normalized spacial score (nSPS) is 10.0. The summed E-state index contributed by atoms with van der Waals surface area (Å²) >= 11 is 0. The molecule has 3 N–H and O–H groups in total. The second kappa shape index (κ2) is 4.90. The van der Waals surface area contributed by atoms with E-state index in [0.717, 1.165) is 18.2 Å². The van der Waals surface area contributed by atoms with Crippen molar-refractivity contribution in [3.63, 3.8) is 0 Å². The molecule has 0 aliphatic rings. The topological polar surface area (TPSA) is 61.8 Å². The Labute approximate surface area is 107 Å². The maximum absolute atomic E-state index is 13.6. The summed E-state index contributed by atoms with van der Waals surface area (Å²) < 4.78 is 39.7. The lowest BCUT2D eigenvalue weighted by molar-refractivity contribution is 0.512. The number of halogens is 3. The van der Waals surface area contributed by atoms with Gasteiger partial charge in [-0.1, -0.05) is 0 Å². The molecule has 3 nitrogen and oxygen atoms in total. The first kappa shape index (κ1) is 12.8. The zero-order valence-electron chi connectivity index (χ0n) is 9.55. The molecule has 2 aromatic carbocycles. The van der Waals surface area contributed by atoms with Crippen LogP contribution in [0.4, 0.5) is 30.2 Å². The largest absolute Gasteiger partial charge is 0.397 e. The average molecular weight is 263 g/mol. The van der Waals surface area contributed by atoms with Crippen LogP contribution in [0.5, 0.6) is 0 Å². The molecule has 2 aromatic rings. The van der Waals surface area contributed by atoms with E-state index in [9.17, 15) is 13.2 Å². The van der Waals surface area contributed by atoms with E-state index in [4.69, 9.17) is 11.0 Å². The van der Waals surface area contributed by atoms with Gasteiger partial charge in [-0.25, -0.2) is 13.2 Å². The molecule has 6 heteroatoms. The summed E-state index contributed by atoms with van der Waals surface area (Å²) in [7, 11) is 0. The molecule has 0 unspecified atom stereocenters. The van der Waals surface area contributed by atoms with Crippen molar-refractivity contribution in [3.05, 3.63) is 53.3 Å². The number of benzene rings is 2. The molecule has 0 aliphatic carbocycles. The third kappa shape index (κ3) is 2.45. The minimum Gasteiger partial charge on any atom is -0.397 e. The van der Waals surface area contributed by atoms with Crippen LogP contribution in [0, 0.1) is 28.8 Å².